The fourth-order valence-corrected chi connectivity index (χ4v) is 2.78. The molecule has 1 fully saturated rings. The molecule has 0 bridgehead atoms. The van der Waals surface area contributed by atoms with Crippen LogP contribution in [0.5, 0.6) is 0 Å². The van der Waals surface area contributed by atoms with Gasteiger partial charge in [-0.15, -0.1) is 0 Å². The van der Waals surface area contributed by atoms with Gasteiger partial charge in [0.1, 0.15) is 0 Å². The number of likely N-dealkylation sites (tertiary alicyclic amines) is 1. The van der Waals surface area contributed by atoms with Gasteiger partial charge in [0.05, 0.1) is 18.3 Å². The Balaban J connectivity index is 1.66. The van der Waals surface area contributed by atoms with Gasteiger partial charge in [0.25, 0.3) is 5.91 Å². The van der Waals surface area contributed by atoms with E-state index in [1.807, 2.05) is 42.5 Å². The smallest absolute Gasteiger partial charge is 0.254 e. The van der Waals surface area contributed by atoms with Crippen molar-refractivity contribution < 1.29 is 9.90 Å². The summed E-state index contributed by atoms with van der Waals surface area (Å²) in [7, 11) is 0. The summed E-state index contributed by atoms with van der Waals surface area (Å²) in [6.45, 7) is 1.74. The van der Waals surface area contributed by atoms with Gasteiger partial charge in [-0.25, -0.2) is 0 Å². The van der Waals surface area contributed by atoms with Gasteiger partial charge in [0, 0.05) is 30.5 Å². The van der Waals surface area contributed by atoms with Crippen molar-refractivity contribution >= 4 is 11.6 Å². The molecule has 0 saturated carbocycles. The topological polar surface area (TPSA) is 65.5 Å². The zero-order valence-electron chi connectivity index (χ0n) is 13.0. The average molecular weight is 311 g/mol. The third-order valence-corrected chi connectivity index (χ3v) is 3.99. The minimum Gasteiger partial charge on any atom is -0.391 e. The zero-order valence-corrected chi connectivity index (χ0v) is 13.0. The van der Waals surface area contributed by atoms with Crippen molar-refractivity contribution in [3.8, 4) is 0 Å². The molecule has 1 aromatic carbocycles. The first-order valence-corrected chi connectivity index (χ1v) is 7.93. The number of hydrogen-bond acceptors (Lipinski definition) is 4. The lowest BCUT2D eigenvalue weighted by atomic mass is 10.1. The molecule has 5 heteroatoms. The lowest BCUT2D eigenvalue weighted by Crippen LogP contribution is -2.42. The third-order valence-electron chi connectivity index (χ3n) is 3.99. The number of aliphatic hydroxyl groups excluding tert-OH is 1. The molecule has 23 heavy (non-hydrogen) atoms. The molecule has 3 rings (SSSR count). The summed E-state index contributed by atoms with van der Waals surface area (Å²) < 4.78 is 0. The van der Waals surface area contributed by atoms with E-state index in [0.29, 0.717) is 25.2 Å². The van der Waals surface area contributed by atoms with Crippen molar-refractivity contribution in [2.75, 3.05) is 18.4 Å². The number of rotatable bonds is 4. The number of aliphatic hydroxyl groups is 1. The number of aromatic nitrogens is 1. The van der Waals surface area contributed by atoms with Crippen molar-refractivity contribution in [3.05, 3.63) is 59.9 Å². The first kappa shape index (κ1) is 15.5. The number of anilines is 1. The molecule has 1 unspecified atom stereocenters. The summed E-state index contributed by atoms with van der Waals surface area (Å²) in [5, 5.41) is 13.0. The number of piperidine rings is 1. The molecule has 1 aliphatic heterocycles. The Kier molecular flexibility index (Phi) is 4.88. The second kappa shape index (κ2) is 7.24. The van der Waals surface area contributed by atoms with E-state index < -0.39 is 6.10 Å². The van der Waals surface area contributed by atoms with E-state index in [-0.39, 0.29) is 5.91 Å². The molecule has 1 atom stereocenters. The number of amides is 1. The normalized spacial score (nSPS) is 17.8. The van der Waals surface area contributed by atoms with Crippen LogP contribution in [0.4, 0.5) is 5.69 Å². The van der Waals surface area contributed by atoms with E-state index in [4.69, 9.17) is 0 Å². The van der Waals surface area contributed by atoms with Crippen LogP contribution in [0.1, 0.15) is 28.9 Å². The molecule has 0 aliphatic carbocycles. The largest absolute Gasteiger partial charge is 0.391 e. The summed E-state index contributed by atoms with van der Waals surface area (Å²) in [5.74, 6) is -0.0229. The number of nitrogens with zero attached hydrogens (tertiary/aromatic N) is 2. The van der Waals surface area contributed by atoms with E-state index in [2.05, 4.69) is 10.3 Å². The second-order valence-corrected chi connectivity index (χ2v) is 5.80. The van der Waals surface area contributed by atoms with Gasteiger partial charge in [-0.05, 0) is 43.2 Å². The van der Waals surface area contributed by atoms with Crippen molar-refractivity contribution in [2.45, 2.75) is 25.5 Å². The summed E-state index contributed by atoms with van der Waals surface area (Å²) in [4.78, 5) is 18.5. The van der Waals surface area contributed by atoms with Crippen LogP contribution in [0.3, 0.4) is 0 Å². The number of β-amino-alcohol motifs (C(OH)–C–C–N with tert-alkyl or cyclic N) is 1. The van der Waals surface area contributed by atoms with Crippen LogP contribution in [-0.4, -0.2) is 40.1 Å². The van der Waals surface area contributed by atoms with Gasteiger partial charge < -0.3 is 15.3 Å². The molecule has 1 saturated heterocycles. The Labute approximate surface area is 136 Å². The first-order chi connectivity index (χ1) is 11.2. The van der Waals surface area contributed by atoms with E-state index in [1.165, 1.54) is 0 Å². The lowest BCUT2D eigenvalue weighted by molar-refractivity contribution is 0.0474. The Bertz CT molecular complexity index is 660. The van der Waals surface area contributed by atoms with Gasteiger partial charge in [0.2, 0.25) is 0 Å². The van der Waals surface area contributed by atoms with E-state index >= 15 is 0 Å². The lowest BCUT2D eigenvalue weighted by Gasteiger charge is -2.30. The molecule has 1 aliphatic rings. The minimum absolute atomic E-state index is 0.0229. The van der Waals surface area contributed by atoms with Crippen molar-refractivity contribution in [1.82, 2.24) is 9.88 Å². The highest BCUT2D eigenvalue weighted by atomic mass is 16.3. The van der Waals surface area contributed by atoms with Gasteiger partial charge in [-0.2, -0.15) is 0 Å². The highest BCUT2D eigenvalue weighted by Crippen LogP contribution is 2.17. The van der Waals surface area contributed by atoms with Crippen LogP contribution in [0, 0.1) is 0 Å². The number of benzene rings is 1. The van der Waals surface area contributed by atoms with Crippen LogP contribution >= 0.6 is 0 Å². The summed E-state index contributed by atoms with van der Waals surface area (Å²) in [6, 6.07) is 13.3. The maximum atomic E-state index is 12.5. The maximum absolute atomic E-state index is 12.5. The molecule has 1 aromatic heterocycles. The highest BCUT2D eigenvalue weighted by molar-refractivity contribution is 5.95. The van der Waals surface area contributed by atoms with Crippen molar-refractivity contribution in [1.29, 1.82) is 0 Å². The zero-order chi connectivity index (χ0) is 16.1. The van der Waals surface area contributed by atoms with Crippen LogP contribution in [-0.2, 0) is 6.54 Å². The average Bonchev–Trinajstić information content (AvgIpc) is 2.60. The van der Waals surface area contributed by atoms with Gasteiger partial charge in [-0.3, -0.25) is 9.78 Å². The van der Waals surface area contributed by atoms with Crippen LogP contribution < -0.4 is 5.32 Å². The Morgan fingerprint density at radius 1 is 1.30 bits per heavy atom. The highest BCUT2D eigenvalue weighted by Gasteiger charge is 2.23. The number of carbonyl (C=O) groups is 1. The van der Waals surface area contributed by atoms with Crippen LogP contribution in [0.25, 0.3) is 0 Å². The molecule has 1 amide bonds. The fourth-order valence-electron chi connectivity index (χ4n) is 2.78. The quantitative estimate of drug-likeness (QED) is 0.909. The van der Waals surface area contributed by atoms with Gasteiger partial charge in [-0.1, -0.05) is 12.1 Å². The fraction of sp³-hybridized carbons (Fsp3) is 0.333. The first-order valence-electron chi connectivity index (χ1n) is 7.93. The Morgan fingerprint density at radius 2 is 2.22 bits per heavy atom. The maximum Gasteiger partial charge on any atom is 0.254 e. The molecule has 2 heterocycles. The molecular weight excluding hydrogens is 290 g/mol. The van der Waals surface area contributed by atoms with E-state index in [0.717, 1.165) is 24.2 Å². The summed E-state index contributed by atoms with van der Waals surface area (Å²) in [5.41, 5.74) is 2.48. The van der Waals surface area contributed by atoms with Gasteiger partial charge >= 0.3 is 0 Å². The van der Waals surface area contributed by atoms with Crippen molar-refractivity contribution in [3.63, 3.8) is 0 Å². The minimum atomic E-state index is -0.404. The number of carbonyl (C=O) groups excluding carboxylic acids is 1. The third kappa shape index (κ3) is 4.07. The molecule has 5 nitrogen and oxygen atoms in total. The SMILES string of the molecule is O=C(c1cccc(NCc2ccccn2)c1)N1CCCC(O)C1. The molecular formula is C18H21N3O2. The predicted octanol–water partition coefficient (Wildman–Crippen LogP) is 2.29. The molecule has 0 spiro atoms. The monoisotopic (exact) mass is 311 g/mol. The summed E-state index contributed by atoms with van der Waals surface area (Å²) in [6.07, 6.45) is 2.98. The second-order valence-electron chi connectivity index (χ2n) is 5.80. The molecule has 2 aromatic rings. The Hall–Kier alpha value is -2.40. The predicted molar refractivity (Wildman–Crippen MR) is 89.2 cm³/mol. The van der Waals surface area contributed by atoms with Crippen molar-refractivity contribution in [2.24, 2.45) is 0 Å². The molecule has 2 N–H and O–H groups in total. The molecule has 120 valence electrons. The van der Waals surface area contributed by atoms with E-state index in [1.54, 1.807) is 11.1 Å². The molecule has 0 radical (unpaired) electrons. The number of pyridine rings is 1. The summed E-state index contributed by atoms with van der Waals surface area (Å²) >= 11 is 0. The van der Waals surface area contributed by atoms with Crippen LogP contribution in [0.2, 0.25) is 0 Å². The standard InChI is InChI=1S/C18H21N3O2/c22-17-8-4-10-21(13-17)18(23)14-5-3-7-15(11-14)20-12-16-6-1-2-9-19-16/h1-3,5-7,9,11,17,20,22H,4,8,10,12-13H2. The van der Waals surface area contributed by atoms with Gasteiger partial charge in [0.15, 0.2) is 0 Å². The number of nitrogens with one attached hydrogen (secondary N) is 1. The Morgan fingerprint density at radius 3 is 3.00 bits per heavy atom. The van der Waals surface area contributed by atoms with E-state index in [9.17, 15) is 9.90 Å². The van der Waals surface area contributed by atoms with Crippen LogP contribution in [0.15, 0.2) is 48.7 Å². The number of hydrogen-bond donors (Lipinski definition) is 2.